The molecule has 1 aliphatic carbocycles. The molecular formula is C15H15Cl2SiZr-. The Morgan fingerprint density at radius 1 is 1.00 bits per heavy atom. The zero-order chi connectivity index (χ0) is 12.3. The molecule has 1 aliphatic rings. The molecule has 4 heteroatoms. The van der Waals surface area contributed by atoms with Crippen molar-refractivity contribution >= 4 is 5.43 Å². The van der Waals surface area contributed by atoms with E-state index in [0.29, 0.717) is 0 Å². The van der Waals surface area contributed by atoms with Crippen LogP contribution in [0.5, 0.6) is 0 Å². The van der Waals surface area contributed by atoms with Crippen LogP contribution in [0.15, 0.2) is 42.5 Å². The first-order valence-corrected chi connectivity index (χ1v) is 12.0. The molecule has 0 saturated heterocycles. The third kappa shape index (κ3) is 5.19. The quantitative estimate of drug-likeness (QED) is 0.306. The van der Waals surface area contributed by atoms with Gasteiger partial charge in [0.1, 0.15) is 0 Å². The van der Waals surface area contributed by atoms with Gasteiger partial charge in [0.15, 0.2) is 0 Å². The van der Waals surface area contributed by atoms with Crippen molar-refractivity contribution < 1.29 is 48.1 Å². The standard InChI is InChI=1S/C13H9.C2H6Si.2ClH.Zr/c1-3-7-12-10(5-1)9-11-6-2-4-8-13(11)12;1-3-2;;;/h1-5,7-8H,9H2;1-2H3;2*1H;/q-1;;;;+2/p-2. The maximum Gasteiger partial charge on any atom is -0.0253 e. The molecule has 0 amide bonds. The second kappa shape index (κ2) is 9.13. The van der Waals surface area contributed by atoms with Crippen LogP contribution in [0.2, 0.25) is 13.1 Å². The largest absolute Gasteiger partial charge is 1.00 e. The van der Waals surface area contributed by atoms with Gasteiger partial charge in [-0.1, -0.05) is 35.4 Å². The van der Waals surface area contributed by atoms with Crippen molar-refractivity contribution in [3.63, 3.8) is 0 Å². The van der Waals surface area contributed by atoms with E-state index >= 15 is 0 Å². The van der Waals surface area contributed by atoms with Gasteiger partial charge in [-0.3, -0.25) is 0 Å². The van der Waals surface area contributed by atoms with Gasteiger partial charge in [0.05, 0.1) is 0 Å². The average Bonchev–Trinajstić information content (AvgIpc) is 2.66. The molecule has 0 unspecified atom stereocenters. The second-order valence-corrected chi connectivity index (χ2v) is 13.8. The summed E-state index contributed by atoms with van der Waals surface area (Å²) >= 11 is 1.74. The Bertz CT molecular complexity index is 508. The van der Waals surface area contributed by atoms with Gasteiger partial charge in [-0.05, 0) is 6.42 Å². The maximum absolute atomic E-state index is 3.30. The molecule has 0 N–H and O–H groups in total. The van der Waals surface area contributed by atoms with Crippen molar-refractivity contribution in [2.75, 3.05) is 0 Å². The van der Waals surface area contributed by atoms with E-state index in [-0.39, 0.29) is 30.2 Å². The van der Waals surface area contributed by atoms with Crippen LogP contribution in [0.3, 0.4) is 0 Å². The predicted octanol–water partition coefficient (Wildman–Crippen LogP) is -2.15. The third-order valence-electron chi connectivity index (χ3n) is 2.62. The van der Waals surface area contributed by atoms with Crippen LogP contribution in [0.4, 0.5) is 0 Å². The molecule has 0 atom stereocenters. The minimum atomic E-state index is 0. The van der Waals surface area contributed by atoms with E-state index in [4.69, 9.17) is 0 Å². The molecule has 2 aromatic carbocycles. The molecule has 0 aromatic heterocycles. The summed E-state index contributed by atoms with van der Waals surface area (Å²) in [5, 5.41) is 0. The topological polar surface area (TPSA) is 0 Å². The molecule has 0 saturated carbocycles. The Morgan fingerprint density at radius 3 is 2.26 bits per heavy atom. The maximum atomic E-state index is 3.30. The van der Waals surface area contributed by atoms with E-state index in [9.17, 15) is 0 Å². The predicted molar refractivity (Wildman–Crippen MR) is 71.0 cm³/mol. The summed E-state index contributed by atoms with van der Waals surface area (Å²) in [6.45, 7) is 4.62. The van der Waals surface area contributed by atoms with Crippen LogP contribution >= 0.6 is 0 Å². The number of halogens is 2. The van der Waals surface area contributed by atoms with Gasteiger partial charge in [0.2, 0.25) is 0 Å². The summed E-state index contributed by atoms with van der Waals surface area (Å²) < 4.78 is 0. The third-order valence-corrected chi connectivity index (χ3v) is 2.62. The van der Waals surface area contributed by atoms with E-state index in [1.807, 2.05) is 6.07 Å². The molecule has 2 aromatic rings. The number of benzene rings is 2. The molecule has 3 rings (SSSR count). The van der Waals surface area contributed by atoms with Crippen LogP contribution in [0.25, 0.3) is 11.1 Å². The molecule has 0 bridgehead atoms. The molecule has 0 heterocycles. The summed E-state index contributed by atoms with van der Waals surface area (Å²) in [7, 11) is 0. The van der Waals surface area contributed by atoms with Crippen molar-refractivity contribution in [1.29, 1.82) is 0 Å². The monoisotopic (exact) mass is 383 g/mol. The summed E-state index contributed by atoms with van der Waals surface area (Å²) in [5.74, 6) is 0. The van der Waals surface area contributed by atoms with Gasteiger partial charge in [-0.25, -0.2) is 0 Å². The van der Waals surface area contributed by atoms with Crippen LogP contribution in [0.1, 0.15) is 11.1 Å². The first-order chi connectivity index (χ1) is 8.18. The van der Waals surface area contributed by atoms with Crippen molar-refractivity contribution in [3.05, 3.63) is 59.7 Å². The summed E-state index contributed by atoms with van der Waals surface area (Å²) in [6.07, 6.45) is 1.05. The Hall–Kier alpha value is 0.120. The van der Waals surface area contributed by atoms with Crippen molar-refractivity contribution in [2.45, 2.75) is 19.5 Å². The number of hydrogen-bond donors (Lipinski definition) is 0. The van der Waals surface area contributed by atoms with Crippen LogP contribution < -0.4 is 24.8 Å². The minimum Gasteiger partial charge on any atom is -1.00 e. The van der Waals surface area contributed by atoms with E-state index in [0.717, 1.165) is 6.42 Å². The summed E-state index contributed by atoms with van der Waals surface area (Å²) in [4.78, 5) is 0. The first-order valence-electron chi connectivity index (χ1n) is 5.78. The molecule has 0 nitrogen and oxygen atoms in total. The van der Waals surface area contributed by atoms with Gasteiger partial charge in [0.25, 0.3) is 0 Å². The average molecular weight is 386 g/mol. The number of fused-ring (bicyclic) bond motifs is 3. The van der Waals surface area contributed by atoms with Gasteiger partial charge < -0.3 is 24.8 Å². The smallest absolute Gasteiger partial charge is 0.0253 e. The molecule has 98 valence electrons. The molecule has 0 aliphatic heterocycles. The number of hydrogen-bond acceptors (Lipinski definition) is 0. The van der Waals surface area contributed by atoms with E-state index in [1.54, 1.807) is 23.3 Å². The zero-order valence-electron chi connectivity index (χ0n) is 11.0. The molecule has 0 fully saturated rings. The van der Waals surface area contributed by atoms with Gasteiger partial charge in [-0.15, -0.1) is 5.56 Å². The van der Waals surface area contributed by atoms with Crippen LogP contribution in [-0.4, -0.2) is 5.43 Å². The normalized spacial score (nSPS) is 9.89. The fraction of sp³-hybridized carbons (Fsp3) is 0.200. The molecular weight excluding hydrogens is 370 g/mol. The van der Waals surface area contributed by atoms with Crippen molar-refractivity contribution in [1.82, 2.24) is 0 Å². The Balaban J connectivity index is 0.000000486. The fourth-order valence-corrected chi connectivity index (χ4v) is 2.00. The SMILES string of the molecule is C[Si](C)=[Zr+2].[Cl-].[Cl-].[c-]1cccc2c1Cc1ccccc1-2. The summed E-state index contributed by atoms with van der Waals surface area (Å²) in [5.41, 5.74) is 5.72. The minimum absolute atomic E-state index is 0. The molecule has 0 spiro atoms. The Morgan fingerprint density at radius 2 is 1.58 bits per heavy atom. The van der Waals surface area contributed by atoms with E-state index in [2.05, 4.69) is 55.6 Å². The molecule has 0 radical (unpaired) electrons. The van der Waals surface area contributed by atoms with Crippen LogP contribution in [-0.2, 0) is 29.8 Å². The number of rotatable bonds is 0. The fourth-order valence-electron chi connectivity index (χ4n) is 2.00. The molecule has 19 heavy (non-hydrogen) atoms. The zero-order valence-corrected chi connectivity index (χ0v) is 16.0. The summed E-state index contributed by atoms with van der Waals surface area (Å²) in [6, 6.07) is 18.1. The van der Waals surface area contributed by atoms with E-state index < -0.39 is 0 Å². The van der Waals surface area contributed by atoms with Gasteiger partial charge >= 0.3 is 41.9 Å². The van der Waals surface area contributed by atoms with Gasteiger partial charge in [-0.2, -0.15) is 29.8 Å². The van der Waals surface area contributed by atoms with Gasteiger partial charge in [0, 0.05) is 0 Å². The second-order valence-electron chi connectivity index (χ2n) is 4.40. The first kappa shape index (κ1) is 19.1. The van der Waals surface area contributed by atoms with Crippen molar-refractivity contribution in [2.24, 2.45) is 0 Å². The Labute approximate surface area is 143 Å². The van der Waals surface area contributed by atoms with Crippen molar-refractivity contribution in [3.8, 4) is 11.1 Å². The van der Waals surface area contributed by atoms with Crippen LogP contribution in [0, 0.1) is 6.07 Å². The van der Waals surface area contributed by atoms with E-state index in [1.165, 1.54) is 22.3 Å². The Kier molecular flexibility index (Phi) is 9.19.